The van der Waals surface area contributed by atoms with Gasteiger partial charge in [-0.1, -0.05) is 24.3 Å². The molecule has 192 valence electrons. The molecule has 9 heteroatoms. The number of hydrogen-bond acceptors (Lipinski definition) is 6. The van der Waals surface area contributed by atoms with Crippen molar-refractivity contribution in [1.82, 2.24) is 15.5 Å². The van der Waals surface area contributed by atoms with E-state index in [1.54, 1.807) is 21.3 Å². The molecule has 0 unspecified atom stereocenters. The zero-order chi connectivity index (χ0) is 26.2. The van der Waals surface area contributed by atoms with Gasteiger partial charge in [0.2, 0.25) is 11.9 Å². The van der Waals surface area contributed by atoms with Crippen LogP contribution in [0.15, 0.2) is 53.5 Å². The molecule has 2 aromatic rings. The third kappa shape index (κ3) is 10.5. The molecule has 36 heavy (non-hydrogen) atoms. The molecule has 2 rings (SSSR count). The summed E-state index contributed by atoms with van der Waals surface area (Å²) in [5, 5.41) is 17.1. The van der Waals surface area contributed by atoms with E-state index in [0.29, 0.717) is 18.9 Å². The molecule has 0 saturated heterocycles. The number of likely N-dealkylation sites (N-methyl/N-ethyl adjacent to an activating group) is 1. The van der Waals surface area contributed by atoms with Gasteiger partial charge in [0.05, 0.1) is 14.2 Å². The summed E-state index contributed by atoms with van der Waals surface area (Å²) in [4.78, 5) is 18.3. The molecule has 0 radical (unpaired) electrons. The minimum absolute atomic E-state index is 0.00189. The fraction of sp³-hybridized carbons (Fsp3) is 0.370. The zero-order valence-corrected chi connectivity index (χ0v) is 21.5. The van der Waals surface area contributed by atoms with Crippen molar-refractivity contribution in [2.45, 2.75) is 19.3 Å². The first-order valence-corrected chi connectivity index (χ1v) is 11.8. The first-order valence-electron chi connectivity index (χ1n) is 11.8. The first kappa shape index (κ1) is 28.2. The number of methoxy groups -OCH3 is 2. The molecule has 0 aromatic heterocycles. The molecule has 0 atom stereocenters. The lowest BCUT2D eigenvalue weighted by molar-refractivity contribution is -0.120. The maximum absolute atomic E-state index is 12.1. The molecule has 0 aliphatic heterocycles. The highest BCUT2D eigenvalue weighted by Crippen LogP contribution is 2.22. The van der Waals surface area contributed by atoms with Gasteiger partial charge in [0.25, 0.3) is 0 Å². The summed E-state index contributed by atoms with van der Waals surface area (Å²) in [5.74, 6) is 1.97. The topological polar surface area (TPSA) is 111 Å². The number of hydrogen-bond donors (Lipinski definition) is 3. The number of amides is 1. The molecule has 3 N–H and O–H groups in total. The molecule has 0 heterocycles. The summed E-state index contributed by atoms with van der Waals surface area (Å²) in [7, 11) is 6.98. The average Bonchev–Trinajstić information content (AvgIpc) is 2.90. The van der Waals surface area contributed by atoms with Gasteiger partial charge in [-0.2, -0.15) is 5.26 Å². The summed E-state index contributed by atoms with van der Waals surface area (Å²) in [6.07, 6.45) is 7.69. The van der Waals surface area contributed by atoms with Gasteiger partial charge in [0, 0.05) is 38.3 Å². The second-order valence-corrected chi connectivity index (χ2v) is 8.14. The Morgan fingerprint density at radius 1 is 1.11 bits per heavy atom. The van der Waals surface area contributed by atoms with E-state index in [2.05, 4.69) is 32.9 Å². The van der Waals surface area contributed by atoms with Gasteiger partial charge in [-0.25, -0.2) is 0 Å². The Morgan fingerprint density at radius 3 is 2.42 bits per heavy atom. The van der Waals surface area contributed by atoms with E-state index in [1.807, 2.05) is 60.8 Å². The molecule has 1 amide bonds. The number of carbonyl (C=O) groups excluding carboxylic acids is 1. The first-order chi connectivity index (χ1) is 17.5. The van der Waals surface area contributed by atoms with Gasteiger partial charge in [-0.3, -0.25) is 15.1 Å². The molecule has 9 nitrogen and oxygen atoms in total. The van der Waals surface area contributed by atoms with Gasteiger partial charge in [-0.05, 0) is 61.8 Å². The number of anilines is 1. The number of rotatable bonds is 13. The highest BCUT2D eigenvalue weighted by Gasteiger charge is 2.05. The summed E-state index contributed by atoms with van der Waals surface area (Å²) in [6.45, 7) is 2.44. The van der Waals surface area contributed by atoms with Crippen LogP contribution in [-0.2, 0) is 11.2 Å². The summed E-state index contributed by atoms with van der Waals surface area (Å²) >= 11 is 0. The third-order valence-corrected chi connectivity index (χ3v) is 5.42. The number of aliphatic imine (C=N–C) groups is 1. The van der Waals surface area contributed by atoms with Gasteiger partial charge in [0.1, 0.15) is 11.5 Å². The quantitative estimate of drug-likeness (QED) is 0.129. The predicted molar refractivity (Wildman–Crippen MR) is 144 cm³/mol. The van der Waals surface area contributed by atoms with E-state index < -0.39 is 0 Å². The minimum atomic E-state index is 0.00189. The van der Waals surface area contributed by atoms with Crippen LogP contribution in [0.1, 0.15) is 24.0 Å². The molecule has 0 aliphatic rings. The normalized spacial score (nSPS) is 11.3. The van der Waals surface area contributed by atoms with Crippen molar-refractivity contribution in [3.63, 3.8) is 0 Å². The van der Waals surface area contributed by atoms with Crippen molar-refractivity contribution < 1.29 is 14.3 Å². The van der Waals surface area contributed by atoms with Crippen molar-refractivity contribution in [3.05, 3.63) is 59.7 Å². The predicted octanol–water partition coefficient (Wildman–Crippen LogP) is 3.26. The lowest BCUT2D eigenvalue weighted by atomic mass is 10.1. The lowest BCUT2D eigenvalue weighted by Crippen LogP contribution is -2.28. The number of benzene rings is 2. The Balaban J connectivity index is 1.64. The van der Waals surface area contributed by atoms with E-state index in [1.165, 1.54) is 5.56 Å². The molecular weight excluding hydrogens is 456 g/mol. The maximum Gasteiger partial charge on any atom is 0.223 e. The van der Waals surface area contributed by atoms with Crippen molar-refractivity contribution in [2.75, 3.05) is 53.3 Å². The summed E-state index contributed by atoms with van der Waals surface area (Å²) in [5.41, 5.74) is 2.95. The van der Waals surface area contributed by atoms with E-state index in [4.69, 9.17) is 14.7 Å². The Bertz CT molecular complexity index is 1040. The standard InChI is InChI=1S/C27H36N6O3/c1-29-27(31-20-28)32-23-11-9-21(10-12-23)7-5-8-26(34)30-14-6-15-33(2)16-13-22-17-24(35-3)19-25(18-22)36-4/h5,7,9-12,17-19H,6,8,13-16H2,1-4H3,(H,30,34)(H2,29,31,32)/b7-5+. The smallest absolute Gasteiger partial charge is 0.223 e. The minimum Gasteiger partial charge on any atom is -0.497 e. The Labute approximate surface area is 213 Å². The van der Waals surface area contributed by atoms with Crippen LogP contribution in [0.4, 0.5) is 5.69 Å². The Morgan fingerprint density at radius 2 is 1.81 bits per heavy atom. The van der Waals surface area contributed by atoms with Gasteiger partial charge < -0.3 is 25.0 Å². The second-order valence-electron chi connectivity index (χ2n) is 8.14. The van der Waals surface area contributed by atoms with E-state index in [0.717, 1.165) is 48.7 Å². The lowest BCUT2D eigenvalue weighted by Gasteiger charge is -2.17. The molecule has 0 saturated carbocycles. The molecule has 0 bridgehead atoms. The third-order valence-electron chi connectivity index (χ3n) is 5.42. The fourth-order valence-electron chi connectivity index (χ4n) is 3.40. The van der Waals surface area contributed by atoms with E-state index in [9.17, 15) is 4.79 Å². The summed E-state index contributed by atoms with van der Waals surface area (Å²) in [6, 6.07) is 13.5. The van der Waals surface area contributed by atoms with Gasteiger partial charge in [0.15, 0.2) is 6.19 Å². The van der Waals surface area contributed by atoms with Crippen LogP contribution in [0.2, 0.25) is 0 Å². The number of nitriles is 1. The molecular formula is C27H36N6O3. The van der Waals surface area contributed by atoms with E-state index in [-0.39, 0.29) is 5.91 Å². The van der Waals surface area contributed by atoms with Crippen molar-refractivity contribution in [1.29, 1.82) is 5.26 Å². The van der Waals surface area contributed by atoms with Crippen LogP contribution in [0.5, 0.6) is 11.5 Å². The maximum atomic E-state index is 12.1. The van der Waals surface area contributed by atoms with E-state index >= 15 is 0 Å². The number of guanidine groups is 1. The van der Waals surface area contributed by atoms with Crippen molar-refractivity contribution in [3.8, 4) is 17.7 Å². The van der Waals surface area contributed by atoms with Crippen LogP contribution in [0.25, 0.3) is 6.08 Å². The molecule has 0 fully saturated rings. The van der Waals surface area contributed by atoms with Crippen LogP contribution in [-0.4, -0.2) is 64.7 Å². The highest BCUT2D eigenvalue weighted by atomic mass is 16.5. The fourth-order valence-corrected chi connectivity index (χ4v) is 3.40. The molecule has 0 spiro atoms. The number of ether oxygens (including phenoxy) is 2. The Kier molecular flexibility index (Phi) is 12.4. The largest absolute Gasteiger partial charge is 0.497 e. The second kappa shape index (κ2) is 15.8. The van der Waals surface area contributed by atoms with Crippen LogP contribution < -0.4 is 25.4 Å². The van der Waals surface area contributed by atoms with Gasteiger partial charge >= 0.3 is 0 Å². The van der Waals surface area contributed by atoms with Crippen molar-refractivity contribution in [2.24, 2.45) is 4.99 Å². The number of carbonyl (C=O) groups is 1. The number of nitrogens with one attached hydrogen (secondary N) is 3. The van der Waals surface area contributed by atoms with Gasteiger partial charge in [-0.15, -0.1) is 0 Å². The van der Waals surface area contributed by atoms with Crippen LogP contribution >= 0.6 is 0 Å². The van der Waals surface area contributed by atoms with Crippen LogP contribution in [0, 0.1) is 11.5 Å². The molecule has 0 aliphatic carbocycles. The summed E-state index contributed by atoms with van der Waals surface area (Å²) < 4.78 is 10.7. The highest BCUT2D eigenvalue weighted by molar-refractivity contribution is 5.94. The average molecular weight is 493 g/mol. The zero-order valence-electron chi connectivity index (χ0n) is 21.5. The van der Waals surface area contributed by atoms with Crippen molar-refractivity contribution >= 4 is 23.6 Å². The SMILES string of the molecule is CN=C(NC#N)Nc1ccc(/C=C/CC(=O)NCCCN(C)CCc2cc(OC)cc(OC)c2)cc1. The monoisotopic (exact) mass is 492 g/mol. The van der Waals surface area contributed by atoms with Crippen LogP contribution in [0.3, 0.4) is 0 Å². The molecule has 2 aromatic carbocycles. The Hall–Kier alpha value is -4.03. The number of nitrogens with zero attached hydrogens (tertiary/aromatic N) is 3.